The van der Waals surface area contributed by atoms with E-state index in [0.29, 0.717) is 26.3 Å². The number of carbonyl (C=O) groups is 1. The number of fused-ring (bicyclic) bond motifs is 1. The van der Waals surface area contributed by atoms with Crippen LogP contribution in [0.2, 0.25) is 0 Å². The van der Waals surface area contributed by atoms with Gasteiger partial charge in [0.15, 0.2) is 0 Å². The SMILES string of the molecule is Cc1ccc(S(=O)(=O)N[C@@H](Cc2c[nH]c3ccccc23)C(=O)N2CCOCC2)cc1. The van der Waals surface area contributed by atoms with Crippen LogP contribution in [-0.4, -0.2) is 56.6 Å². The number of hydrogen-bond donors (Lipinski definition) is 2. The minimum Gasteiger partial charge on any atom is -0.378 e. The Morgan fingerprint density at radius 3 is 2.57 bits per heavy atom. The molecule has 30 heavy (non-hydrogen) atoms. The number of aryl methyl sites for hydroxylation is 1. The molecule has 2 aromatic carbocycles. The third kappa shape index (κ3) is 4.40. The number of rotatable bonds is 6. The minimum absolute atomic E-state index is 0.145. The van der Waals surface area contributed by atoms with Crippen LogP contribution in [-0.2, 0) is 26.0 Å². The number of ether oxygens (including phenoxy) is 1. The van der Waals surface area contributed by atoms with Crippen LogP contribution in [0.5, 0.6) is 0 Å². The molecule has 0 aliphatic carbocycles. The summed E-state index contributed by atoms with van der Waals surface area (Å²) in [5.74, 6) is -0.237. The molecule has 1 aliphatic rings. The van der Waals surface area contributed by atoms with Crippen LogP contribution >= 0.6 is 0 Å². The van der Waals surface area contributed by atoms with Crippen molar-refractivity contribution in [3.05, 3.63) is 65.9 Å². The summed E-state index contributed by atoms with van der Waals surface area (Å²) in [4.78, 5) is 18.3. The lowest BCUT2D eigenvalue weighted by atomic mass is 10.0. The van der Waals surface area contributed by atoms with Gasteiger partial charge in [-0.05, 0) is 37.1 Å². The summed E-state index contributed by atoms with van der Waals surface area (Å²) in [6.07, 6.45) is 2.09. The van der Waals surface area contributed by atoms with E-state index in [1.54, 1.807) is 29.2 Å². The number of hydrogen-bond acceptors (Lipinski definition) is 4. The van der Waals surface area contributed by atoms with Gasteiger partial charge in [-0.25, -0.2) is 8.42 Å². The standard InChI is InChI=1S/C22H25N3O4S/c1-16-6-8-18(9-7-16)30(27,28)24-21(22(26)25-10-12-29-13-11-25)14-17-15-23-20-5-3-2-4-19(17)20/h2-9,15,21,23-24H,10-14H2,1H3/t21-/m0/s1. The molecule has 158 valence electrons. The number of morpholine rings is 1. The summed E-state index contributed by atoms with van der Waals surface area (Å²) >= 11 is 0. The lowest BCUT2D eigenvalue weighted by molar-refractivity contribution is -0.137. The van der Waals surface area contributed by atoms with Crippen molar-refractivity contribution in [1.29, 1.82) is 0 Å². The van der Waals surface area contributed by atoms with Crippen molar-refractivity contribution in [2.24, 2.45) is 0 Å². The lowest BCUT2D eigenvalue weighted by Crippen LogP contribution is -2.52. The highest BCUT2D eigenvalue weighted by Gasteiger charge is 2.31. The van der Waals surface area contributed by atoms with Crippen LogP contribution in [0.4, 0.5) is 0 Å². The van der Waals surface area contributed by atoms with Gasteiger partial charge < -0.3 is 14.6 Å². The Hall–Kier alpha value is -2.68. The monoisotopic (exact) mass is 427 g/mol. The second-order valence-corrected chi connectivity index (χ2v) is 9.20. The fourth-order valence-corrected chi connectivity index (χ4v) is 4.87. The molecular formula is C22H25N3O4S. The van der Waals surface area contributed by atoms with Gasteiger partial charge in [-0.15, -0.1) is 0 Å². The molecule has 1 aromatic heterocycles. The maximum Gasteiger partial charge on any atom is 0.241 e. The van der Waals surface area contributed by atoms with Crippen molar-refractivity contribution in [3.8, 4) is 0 Å². The van der Waals surface area contributed by atoms with Crippen molar-refractivity contribution >= 4 is 26.8 Å². The first-order valence-corrected chi connectivity index (χ1v) is 11.4. The topological polar surface area (TPSA) is 91.5 Å². The lowest BCUT2D eigenvalue weighted by Gasteiger charge is -2.30. The third-order valence-electron chi connectivity index (χ3n) is 5.35. The van der Waals surface area contributed by atoms with Gasteiger partial charge in [0, 0.05) is 30.2 Å². The summed E-state index contributed by atoms with van der Waals surface area (Å²) < 4.78 is 34.0. The van der Waals surface area contributed by atoms with Gasteiger partial charge in [0.05, 0.1) is 18.1 Å². The zero-order valence-electron chi connectivity index (χ0n) is 16.8. The second kappa shape index (κ2) is 8.59. The number of para-hydroxylation sites is 1. The molecular weight excluding hydrogens is 402 g/mol. The number of nitrogens with one attached hydrogen (secondary N) is 2. The number of carbonyl (C=O) groups excluding carboxylic acids is 1. The Balaban J connectivity index is 1.64. The van der Waals surface area contributed by atoms with E-state index in [0.717, 1.165) is 22.0 Å². The molecule has 7 nitrogen and oxygen atoms in total. The highest BCUT2D eigenvalue weighted by Crippen LogP contribution is 2.21. The first kappa shape index (κ1) is 20.6. The van der Waals surface area contributed by atoms with Crippen molar-refractivity contribution in [2.45, 2.75) is 24.3 Å². The Kier molecular flexibility index (Phi) is 5.90. The van der Waals surface area contributed by atoms with Crippen LogP contribution in [0.3, 0.4) is 0 Å². The normalized spacial score (nSPS) is 16.0. The summed E-state index contributed by atoms with van der Waals surface area (Å²) in [6.45, 7) is 3.71. The van der Waals surface area contributed by atoms with Gasteiger partial charge in [-0.3, -0.25) is 4.79 Å². The first-order chi connectivity index (χ1) is 14.4. The molecule has 0 spiro atoms. The summed E-state index contributed by atoms with van der Waals surface area (Å²) in [5.41, 5.74) is 2.81. The Labute approximate surface area is 176 Å². The first-order valence-electron chi connectivity index (χ1n) is 9.94. The number of benzene rings is 2. The average molecular weight is 428 g/mol. The van der Waals surface area contributed by atoms with E-state index < -0.39 is 16.1 Å². The number of sulfonamides is 1. The molecule has 0 radical (unpaired) electrons. The van der Waals surface area contributed by atoms with E-state index >= 15 is 0 Å². The zero-order chi connectivity index (χ0) is 21.1. The maximum absolute atomic E-state index is 13.3. The molecule has 3 aromatic rings. The van der Waals surface area contributed by atoms with E-state index in [9.17, 15) is 13.2 Å². The second-order valence-electron chi connectivity index (χ2n) is 7.49. The molecule has 1 atom stereocenters. The van der Waals surface area contributed by atoms with E-state index in [1.165, 1.54) is 0 Å². The molecule has 1 amide bonds. The van der Waals surface area contributed by atoms with Gasteiger partial charge in [0.2, 0.25) is 15.9 Å². The smallest absolute Gasteiger partial charge is 0.241 e. The number of aromatic nitrogens is 1. The summed E-state index contributed by atoms with van der Waals surface area (Å²) in [7, 11) is -3.86. The van der Waals surface area contributed by atoms with Crippen molar-refractivity contribution < 1.29 is 17.9 Å². The zero-order valence-corrected chi connectivity index (χ0v) is 17.6. The predicted molar refractivity (Wildman–Crippen MR) is 115 cm³/mol. The molecule has 1 fully saturated rings. The van der Waals surface area contributed by atoms with Gasteiger partial charge in [-0.1, -0.05) is 35.9 Å². The molecule has 8 heteroatoms. The molecule has 1 aliphatic heterocycles. The van der Waals surface area contributed by atoms with Crippen molar-refractivity contribution in [2.75, 3.05) is 26.3 Å². The summed E-state index contributed by atoms with van der Waals surface area (Å²) in [6, 6.07) is 13.5. The van der Waals surface area contributed by atoms with Gasteiger partial charge in [-0.2, -0.15) is 4.72 Å². The van der Waals surface area contributed by atoms with Gasteiger partial charge in [0.1, 0.15) is 6.04 Å². The minimum atomic E-state index is -3.86. The molecule has 4 rings (SSSR count). The van der Waals surface area contributed by atoms with Crippen LogP contribution in [0.15, 0.2) is 59.6 Å². The van der Waals surface area contributed by atoms with E-state index in [2.05, 4.69) is 9.71 Å². The molecule has 2 heterocycles. The molecule has 1 saturated heterocycles. The third-order valence-corrected chi connectivity index (χ3v) is 6.84. The Bertz CT molecular complexity index is 1130. The van der Waals surface area contributed by atoms with Crippen LogP contribution in [0.25, 0.3) is 10.9 Å². The maximum atomic E-state index is 13.3. The molecule has 0 bridgehead atoms. The van der Waals surface area contributed by atoms with E-state index in [1.807, 2.05) is 37.4 Å². The van der Waals surface area contributed by atoms with Crippen LogP contribution < -0.4 is 4.72 Å². The Morgan fingerprint density at radius 1 is 1.13 bits per heavy atom. The van der Waals surface area contributed by atoms with Crippen LogP contribution in [0.1, 0.15) is 11.1 Å². The number of nitrogens with zero attached hydrogens (tertiary/aromatic N) is 1. The van der Waals surface area contributed by atoms with E-state index in [-0.39, 0.29) is 17.2 Å². The molecule has 0 saturated carbocycles. The average Bonchev–Trinajstić information content (AvgIpc) is 3.16. The quantitative estimate of drug-likeness (QED) is 0.631. The highest BCUT2D eigenvalue weighted by molar-refractivity contribution is 7.89. The number of aromatic amines is 1. The van der Waals surface area contributed by atoms with Crippen molar-refractivity contribution in [1.82, 2.24) is 14.6 Å². The molecule has 0 unspecified atom stereocenters. The van der Waals surface area contributed by atoms with Gasteiger partial charge >= 0.3 is 0 Å². The predicted octanol–water partition coefficient (Wildman–Crippen LogP) is 2.22. The fraction of sp³-hybridized carbons (Fsp3) is 0.318. The number of H-pyrrole nitrogens is 1. The van der Waals surface area contributed by atoms with Crippen molar-refractivity contribution in [3.63, 3.8) is 0 Å². The van der Waals surface area contributed by atoms with E-state index in [4.69, 9.17) is 4.74 Å². The molecule has 2 N–H and O–H groups in total. The fourth-order valence-electron chi connectivity index (χ4n) is 3.68. The summed E-state index contributed by atoms with van der Waals surface area (Å²) in [5, 5.41) is 0.979. The largest absolute Gasteiger partial charge is 0.378 e. The van der Waals surface area contributed by atoms with Gasteiger partial charge in [0.25, 0.3) is 0 Å². The van der Waals surface area contributed by atoms with Crippen LogP contribution in [0, 0.1) is 6.92 Å². The highest BCUT2D eigenvalue weighted by atomic mass is 32.2. The Morgan fingerprint density at radius 2 is 1.83 bits per heavy atom. The number of amides is 1.